The van der Waals surface area contributed by atoms with Crippen LogP contribution < -0.4 is 5.73 Å². The Hall–Kier alpha value is 0.650. The van der Waals surface area contributed by atoms with Crippen LogP contribution in [0.15, 0.2) is 0 Å². The zero-order valence-electron chi connectivity index (χ0n) is 7.51. The standard InChI is InChI=1S/C8H19NO.HI/c1-3-4-5-8(2)10-7-6-9;/h8H,3-7,9H2,1-2H3;1H. The van der Waals surface area contributed by atoms with Gasteiger partial charge in [-0.25, -0.2) is 0 Å². The van der Waals surface area contributed by atoms with Gasteiger partial charge in [-0.15, -0.1) is 24.0 Å². The Morgan fingerprint density at radius 3 is 2.55 bits per heavy atom. The third-order valence-corrected chi connectivity index (χ3v) is 1.48. The first-order valence-electron chi connectivity index (χ1n) is 4.13. The van der Waals surface area contributed by atoms with E-state index in [9.17, 15) is 0 Å². The lowest BCUT2D eigenvalue weighted by atomic mass is 10.2. The molecule has 0 radical (unpaired) electrons. The predicted molar refractivity (Wildman–Crippen MR) is 59.4 cm³/mol. The monoisotopic (exact) mass is 273 g/mol. The Bertz CT molecular complexity index is 63.1. The summed E-state index contributed by atoms with van der Waals surface area (Å²) in [4.78, 5) is 0. The second-order valence-electron chi connectivity index (χ2n) is 2.61. The summed E-state index contributed by atoms with van der Waals surface area (Å²) in [6.45, 7) is 5.63. The SMILES string of the molecule is CCCCC(C)OCCN.I. The normalized spacial score (nSPS) is 12.3. The summed E-state index contributed by atoms with van der Waals surface area (Å²) in [6.07, 6.45) is 4.06. The van der Waals surface area contributed by atoms with Gasteiger partial charge < -0.3 is 10.5 Å². The lowest BCUT2D eigenvalue weighted by molar-refractivity contribution is 0.0645. The molecule has 1 unspecified atom stereocenters. The molecule has 70 valence electrons. The molecule has 0 aromatic rings. The van der Waals surface area contributed by atoms with Crippen LogP contribution in [0.3, 0.4) is 0 Å². The van der Waals surface area contributed by atoms with Crippen molar-refractivity contribution in [3.8, 4) is 0 Å². The smallest absolute Gasteiger partial charge is 0.0592 e. The van der Waals surface area contributed by atoms with Crippen molar-refractivity contribution in [2.75, 3.05) is 13.2 Å². The number of hydrogen-bond donors (Lipinski definition) is 1. The van der Waals surface area contributed by atoms with Crippen LogP contribution in [0.4, 0.5) is 0 Å². The Balaban J connectivity index is 0. The van der Waals surface area contributed by atoms with Gasteiger partial charge in [0.1, 0.15) is 0 Å². The van der Waals surface area contributed by atoms with E-state index in [1.165, 1.54) is 12.8 Å². The van der Waals surface area contributed by atoms with E-state index in [4.69, 9.17) is 10.5 Å². The Kier molecular flexibility index (Phi) is 13.7. The van der Waals surface area contributed by atoms with E-state index in [1.807, 2.05) is 0 Å². The lowest BCUT2D eigenvalue weighted by Gasteiger charge is -2.10. The minimum atomic E-state index is 0. The van der Waals surface area contributed by atoms with Gasteiger partial charge in [-0.2, -0.15) is 0 Å². The van der Waals surface area contributed by atoms with Crippen LogP contribution in [0.1, 0.15) is 33.1 Å². The van der Waals surface area contributed by atoms with Gasteiger partial charge in [0, 0.05) is 6.54 Å². The molecule has 0 amide bonds. The third kappa shape index (κ3) is 10.7. The number of hydrogen-bond acceptors (Lipinski definition) is 2. The van der Waals surface area contributed by atoms with E-state index >= 15 is 0 Å². The maximum absolute atomic E-state index is 5.37. The summed E-state index contributed by atoms with van der Waals surface area (Å²) in [7, 11) is 0. The molecule has 11 heavy (non-hydrogen) atoms. The fourth-order valence-electron chi connectivity index (χ4n) is 0.844. The van der Waals surface area contributed by atoms with E-state index in [0.29, 0.717) is 19.3 Å². The first-order valence-corrected chi connectivity index (χ1v) is 4.13. The van der Waals surface area contributed by atoms with Crippen molar-refractivity contribution < 1.29 is 4.74 Å². The van der Waals surface area contributed by atoms with Gasteiger partial charge in [0.05, 0.1) is 12.7 Å². The van der Waals surface area contributed by atoms with Gasteiger partial charge in [-0.3, -0.25) is 0 Å². The Morgan fingerprint density at radius 1 is 1.45 bits per heavy atom. The minimum absolute atomic E-state index is 0. The number of rotatable bonds is 6. The molecule has 0 aliphatic carbocycles. The topological polar surface area (TPSA) is 35.2 Å². The van der Waals surface area contributed by atoms with E-state index in [1.54, 1.807) is 0 Å². The zero-order chi connectivity index (χ0) is 7.82. The Labute approximate surface area is 86.9 Å². The molecule has 0 aromatic carbocycles. The molecule has 0 rings (SSSR count). The highest BCUT2D eigenvalue weighted by Crippen LogP contribution is 2.02. The molecule has 0 spiro atoms. The average molecular weight is 273 g/mol. The van der Waals surface area contributed by atoms with Crippen LogP contribution in [-0.4, -0.2) is 19.3 Å². The van der Waals surface area contributed by atoms with Crippen LogP contribution in [0, 0.1) is 0 Å². The summed E-state index contributed by atoms with van der Waals surface area (Å²) in [5, 5.41) is 0. The lowest BCUT2D eigenvalue weighted by Crippen LogP contribution is -2.15. The molecule has 0 heterocycles. The number of ether oxygens (including phenoxy) is 1. The molecular formula is C8H20INO. The second-order valence-corrected chi connectivity index (χ2v) is 2.61. The second kappa shape index (κ2) is 10.7. The van der Waals surface area contributed by atoms with Crippen molar-refractivity contribution in [1.82, 2.24) is 0 Å². The van der Waals surface area contributed by atoms with Crippen LogP contribution >= 0.6 is 24.0 Å². The summed E-state index contributed by atoms with van der Waals surface area (Å²) < 4.78 is 5.37. The van der Waals surface area contributed by atoms with E-state index in [0.717, 1.165) is 6.42 Å². The molecule has 3 heteroatoms. The molecule has 2 nitrogen and oxygen atoms in total. The van der Waals surface area contributed by atoms with Gasteiger partial charge in [0.25, 0.3) is 0 Å². The van der Waals surface area contributed by atoms with Crippen LogP contribution in [0.25, 0.3) is 0 Å². The van der Waals surface area contributed by atoms with E-state index < -0.39 is 0 Å². The molecule has 2 N–H and O–H groups in total. The van der Waals surface area contributed by atoms with Gasteiger partial charge in [-0.1, -0.05) is 19.8 Å². The average Bonchev–Trinajstić information content (AvgIpc) is 1.97. The molecule has 0 bridgehead atoms. The van der Waals surface area contributed by atoms with Crippen molar-refractivity contribution >= 4 is 24.0 Å². The number of halogens is 1. The van der Waals surface area contributed by atoms with Gasteiger partial charge >= 0.3 is 0 Å². The summed E-state index contributed by atoms with van der Waals surface area (Å²) in [5.74, 6) is 0. The van der Waals surface area contributed by atoms with Crippen molar-refractivity contribution in [2.24, 2.45) is 5.73 Å². The van der Waals surface area contributed by atoms with E-state index in [2.05, 4.69) is 13.8 Å². The largest absolute Gasteiger partial charge is 0.377 e. The van der Waals surface area contributed by atoms with Crippen molar-refractivity contribution in [3.05, 3.63) is 0 Å². The molecule has 0 aliphatic rings. The molecule has 1 atom stereocenters. The first-order chi connectivity index (χ1) is 4.81. The first kappa shape index (κ1) is 14.2. The summed E-state index contributed by atoms with van der Waals surface area (Å²) in [5.41, 5.74) is 5.28. The maximum atomic E-state index is 5.37. The van der Waals surface area contributed by atoms with Crippen molar-refractivity contribution in [1.29, 1.82) is 0 Å². The highest BCUT2D eigenvalue weighted by Gasteiger charge is 1.98. The van der Waals surface area contributed by atoms with E-state index in [-0.39, 0.29) is 24.0 Å². The molecule has 0 saturated heterocycles. The van der Waals surface area contributed by atoms with Gasteiger partial charge in [-0.05, 0) is 13.3 Å². The number of unbranched alkanes of at least 4 members (excludes halogenated alkanes) is 1. The molecule has 0 fully saturated rings. The van der Waals surface area contributed by atoms with Crippen molar-refractivity contribution in [2.45, 2.75) is 39.2 Å². The minimum Gasteiger partial charge on any atom is -0.377 e. The predicted octanol–water partition coefficient (Wildman–Crippen LogP) is 2.16. The molecular weight excluding hydrogens is 253 g/mol. The molecule has 0 saturated carbocycles. The van der Waals surface area contributed by atoms with Crippen LogP contribution in [0.2, 0.25) is 0 Å². The van der Waals surface area contributed by atoms with Crippen LogP contribution in [-0.2, 0) is 4.74 Å². The highest BCUT2D eigenvalue weighted by molar-refractivity contribution is 14.0. The third-order valence-electron chi connectivity index (χ3n) is 1.48. The number of nitrogens with two attached hydrogens (primary N) is 1. The van der Waals surface area contributed by atoms with Gasteiger partial charge in [0.2, 0.25) is 0 Å². The van der Waals surface area contributed by atoms with Gasteiger partial charge in [0.15, 0.2) is 0 Å². The fourth-order valence-corrected chi connectivity index (χ4v) is 0.844. The quantitative estimate of drug-likeness (QED) is 0.753. The maximum Gasteiger partial charge on any atom is 0.0592 e. The molecule has 0 aromatic heterocycles. The van der Waals surface area contributed by atoms with Crippen LogP contribution in [0.5, 0.6) is 0 Å². The molecule has 0 aliphatic heterocycles. The highest BCUT2D eigenvalue weighted by atomic mass is 127. The summed E-state index contributed by atoms with van der Waals surface area (Å²) >= 11 is 0. The fraction of sp³-hybridized carbons (Fsp3) is 1.00. The summed E-state index contributed by atoms with van der Waals surface area (Å²) in [6, 6.07) is 0. The zero-order valence-corrected chi connectivity index (χ0v) is 9.84. The Morgan fingerprint density at radius 2 is 2.09 bits per heavy atom. The van der Waals surface area contributed by atoms with Crippen molar-refractivity contribution in [3.63, 3.8) is 0 Å².